The van der Waals surface area contributed by atoms with Crippen LogP contribution in [0.1, 0.15) is 0 Å². The zero-order valence-electron chi connectivity index (χ0n) is 6.77. The van der Waals surface area contributed by atoms with Gasteiger partial charge >= 0.3 is 0 Å². The van der Waals surface area contributed by atoms with Crippen LogP contribution in [-0.2, 0) is 0 Å². The molecule has 0 aliphatic heterocycles. The standard InChI is InChI=1S/C9H7IN2O/c10-6-13-8-4-3-7-2-1-5-11-9(7)12-8/h1-5H,6H2. The first-order valence-corrected chi connectivity index (χ1v) is 5.33. The van der Waals surface area contributed by atoms with Gasteiger partial charge in [0, 0.05) is 17.6 Å². The Bertz CT molecular complexity index is 419. The number of fused-ring (bicyclic) bond motifs is 1. The second kappa shape index (κ2) is 3.87. The normalized spacial score (nSPS) is 10.2. The van der Waals surface area contributed by atoms with Crippen LogP contribution in [0.15, 0.2) is 30.5 Å². The molecule has 3 nitrogen and oxygen atoms in total. The number of halogens is 1. The van der Waals surface area contributed by atoms with Crippen molar-refractivity contribution in [3.05, 3.63) is 30.5 Å². The Morgan fingerprint density at radius 1 is 1.31 bits per heavy atom. The molecule has 66 valence electrons. The van der Waals surface area contributed by atoms with Gasteiger partial charge in [-0.25, -0.2) is 4.98 Å². The lowest BCUT2D eigenvalue weighted by molar-refractivity contribution is 0.389. The molecule has 2 aromatic heterocycles. The van der Waals surface area contributed by atoms with Crippen molar-refractivity contribution in [3.63, 3.8) is 0 Å². The van der Waals surface area contributed by atoms with E-state index in [9.17, 15) is 0 Å². The first-order chi connectivity index (χ1) is 6.40. The summed E-state index contributed by atoms with van der Waals surface area (Å²) in [7, 11) is 0. The molecule has 0 N–H and O–H groups in total. The molecule has 0 aliphatic rings. The number of nitrogens with zero attached hydrogens (tertiary/aromatic N) is 2. The number of hydrogen-bond donors (Lipinski definition) is 0. The molecule has 2 heterocycles. The van der Waals surface area contributed by atoms with Crippen molar-refractivity contribution in [2.45, 2.75) is 0 Å². The molecule has 4 heteroatoms. The van der Waals surface area contributed by atoms with Crippen molar-refractivity contribution in [1.82, 2.24) is 9.97 Å². The molecule has 2 rings (SSSR count). The monoisotopic (exact) mass is 286 g/mol. The van der Waals surface area contributed by atoms with E-state index in [0.29, 0.717) is 10.5 Å². The average molecular weight is 286 g/mol. The average Bonchev–Trinajstić information content (AvgIpc) is 2.18. The van der Waals surface area contributed by atoms with Gasteiger partial charge in [-0.1, -0.05) is 0 Å². The Morgan fingerprint density at radius 3 is 3.08 bits per heavy atom. The largest absolute Gasteiger partial charge is 0.467 e. The number of hydrogen-bond acceptors (Lipinski definition) is 3. The van der Waals surface area contributed by atoms with Gasteiger partial charge in [0.25, 0.3) is 0 Å². The van der Waals surface area contributed by atoms with E-state index < -0.39 is 0 Å². The molecule has 0 saturated carbocycles. The number of ether oxygens (including phenoxy) is 1. The Kier molecular flexibility index (Phi) is 2.58. The van der Waals surface area contributed by atoms with Gasteiger partial charge in [0.2, 0.25) is 5.88 Å². The molecular weight excluding hydrogens is 279 g/mol. The van der Waals surface area contributed by atoms with Gasteiger partial charge in [-0.3, -0.25) is 0 Å². The first-order valence-electron chi connectivity index (χ1n) is 3.81. The van der Waals surface area contributed by atoms with Gasteiger partial charge < -0.3 is 4.74 Å². The van der Waals surface area contributed by atoms with E-state index in [1.165, 1.54) is 0 Å². The van der Waals surface area contributed by atoms with Crippen LogP contribution >= 0.6 is 22.6 Å². The summed E-state index contributed by atoms with van der Waals surface area (Å²) in [5, 5.41) is 1.03. The Balaban J connectivity index is 2.49. The predicted octanol–water partition coefficient (Wildman–Crippen LogP) is 2.40. The van der Waals surface area contributed by atoms with Crippen molar-refractivity contribution in [3.8, 4) is 5.88 Å². The van der Waals surface area contributed by atoms with Gasteiger partial charge in [-0.2, -0.15) is 4.98 Å². The van der Waals surface area contributed by atoms with Crippen molar-refractivity contribution < 1.29 is 4.74 Å². The van der Waals surface area contributed by atoms with Crippen LogP contribution in [0, 0.1) is 0 Å². The zero-order chi connectivity index (χ0) is 9.10. The van der Waals surface area contributed by atoms with Gasteiger partial charge in [0.1, 0.15) is 4.61 Å². The molecule has 2 aromatic rings. The SMILES string of the molecule is ICOc1ccc2cccnc2n1. The quantitative estimate of drug-likeness (QED) is 0.628. The van der Waals surface area contributed by atoms with E-state index in [1.807, 2.05) is 24.3 Å². The van der Waals surface area contributed by atoms with Crippen LogP contribution in [0.2, 0.25) is 0 Å². The van der Waals surface area contributed by atoms with Crippen LogP contribution in [0.3, 0.4) is 0 Å². The molecule has 0 amide bonds. The summed E-state index contributed by atoms with van der Waals surface area (Å²) in [6, 6.07) is 7.67. The minimum absolute atomic E-state index is 0.600. The van der Waals surface area contributed by atoms with Crippen molar-refractivity contribution in [1.29, 1.82) is 0 Å². The van der Waals surface area contributed by atoms with E-state index in [1.54, 1.807) is 6.20 Å². The fourth-order valence-electron chi connectivity index (χ4n) is 1.07. The maximum absolute atomic E-state index is 5.25. The summed E-state index contributed by atoms with van der Waals surface area (Å²) in [5.41, 5.74) is 0.727. The smallest absolute Gasteiger partial charge is 0.216 e. The van der Waals surface area contributed by atoms with E-state index in [-0.39, 0.29) is 0 Å². The fourth-order valence-corrected chi connectivity index (χ4v) is 1.39. The van der Waals surface area contributed by atoms with Gasteiger partial charge in [0.15, 0.2) is 5.65 Å². The third-order valence-corrected chi connectivity index (χ3v) is 1.95. The summed E-state index contributed by atoms with van der Waals surface area (Å²) >= 11 is 2.13. The molecule has 13 heavy (non-hydrogen) atoms. The molecule has 0 atom stereocenters. The van der Waals surface area contributed by atoms with Crippen LogP contribution in [0.5, 0.6) is 5.88 Å². The molecule has 0 saturated heterocycles. The van der Waals surface area contributed by atoms with Gasteiger partial charge in [-0.15, -0.1) is 0 Å². The second-order valence-electron chi connectivity index (χ2n) is 2.45. The molecule has 0 fully saturated rings. The van der Waals surface area contributed by atoms with Crippen molar-refractivity contribution in [2.24, 2.45) is 0 Å². The van der Waals surface area contributed by atoms with Gasteiger partial charge in [0.05, 0.1) is 0 Å². The maximum atomic E-state index is 5.25. The molecule has 0 spiro atoms. The summed E-state index contributed by atoms with van der Waals surface area (Å²) in [5.74, 6) is 0.626. The Morgan fingerprint density at radius 2 is 2.23 bits per heavy atom. The zero-order valence-corrected chi connectivity index (χ0v) is 8.93. The topological polar surface area (TPSA) is 35.0 Å². The number of rotatable bonds is 2. The highest BCUT2D eigenvalue weighted by Crippen LogP contribution is 2.14. The second-order valence-corrected chi connectivity index (χ2v) is 3.08. The number of pyridine rings is 2. The summed E-state index contributed by atoms with van der Waals surface area (Å²) in [6.07, 6.45) is 1.73. The van der Waals surface area contributed by atoms with Crippen LogP contribution in [0.4, 0.5) is 0 Å². The summed E-state index contributed by atoms with van der Waals surface area (Å²) in [6.45, 7) is 0. The highest BCUT2D eigenvalue weighted by molar-refractivity contribution is 14.1. The van der Waals surface area contributed by atoms with E-state index in [2.05, 4.69) is 32.6 Å². The minimum Gasteiger partial charge on any atom is -0.467 e. The van der Waals surface area contributed by atoms with E-state index in [0.717, 1.165) is 11.0 Å². The number of alkyl halides is 1. The lowest BCUT2D eigenvalue weighted by Crippen LogP contribution is -1.92. The highest BCUT2D eigenvalue weighted by atomic mass is 127. The van der Waals surface area contributed by atoms with Gasteiger partial charge in [-0.05, 0) is 40.8 Å². The minimum atomic E-state index is 0.600. The predicted molar refractivity (Wildman–Crippen MR) is 59.1 cm³/mol. The Hall–Kier alpha value is -0.910. The number of aromatic nitrogens is 2. The molecule has 0 bridgehead atoms. The maximum Gasteiger partial charge on any atom is 0.216 e. The molecule has 0 unspecified atom stereocenters. The lowest BCUT2D eigenvalue weighted by atomic mass is 10.3. The summed E-state index contributed by atoms with van der Waals surface area (Å²) < 4.78 is 5.85. The fraction of sp³-hybridized carbons (Fsp3) is 0.111. The summed E-state index contributed by atoms with van der Waals surface area (Å²) in [4.78, 5) is 8.36. The van der Waals surface area contributed by atoms with E-state index in [4.69, 9.17) is 4.74 Å². The highest BCUT2D eigenvalue weighted by Gasteiger charge is 1.97. The van der Waals surface area contributed by atoms with Crippen molar-refractivity contribution >= 4 is 33.6 Å². The van der Waals surface area contributed by atoms with Crippen molar-refractivity contribution in [2.75, 3.05) is 4.61 Å². The van der Waals surface area contributed by atoms with E-state index >= 15 is 0 Å². The Labute approximate surface area is 89.3 Å². The molecule has 0 radical (unpaired) electrons. The molecule has 0 aliphatic carbocycles. The molecular formula is C9H7IN2O. The third kappa shape index (κ3) is 1.88. The van der Waals surface area contributed by atoms with Crippen LogP contribution in [0.25, 0.3) is 11.0 Å². The first kappa shape index (κ1) is 8.68. The lowest BCUT2D eigenvalue weighted by Gasteiger charge is -2.01. The van der Waals surface area contributed by atoms with Crippen LogP contribution in [-0.4, -0.2) is 14.6 Å². The van der Waals surface area contributed by atoms with Crippen LogP contribution < -0.4 is 4.74 Å². The molecule has 0 aromatic carbocycles. The third-order valence-electron chi connectivity index (χ3n) is 1.64.